The summed E-state index contributed by atoms with van der Waals surface area (Å²) in [6.45, 7) is 3.56. The molecule has 6 nitrogen and oxygen atoms in total. The maximum atomic E-state index is 11.3. The van der Waals surface area contributed by atoms with Crippen molar-refractivity contribution in [2.45, 2.75) is 0 Å². The van der Waals surface area contributed by atoms with Gasteiger partial charge in [0.05, 0.1) is 0 Å². The van der Waals surface area contributed by atoms with Gasteiger partial charge in [-0.3, -0.25) is 10.2 Å². The van der Waals surface area contributed by atoms with Crippen LogP contribution in [-0.2, 0) is 4.79 Å². The van der Waals surface area contributed by atoms with Gasteiger partial charge in [-0.1, -0.05) is 30.3 Å². The number of hydrogen-bond acceptors (Lipinski definition) is 4. The monoisotopic (exact) mass is 263 g/mol. The number of nitrogens with zero attached hydrogens (tertiary/aromatic N) is 3. The lowest BCUT2D eigenvalue weighted by Gasteiger charge is -2.01. The molecule has 0 atom stereocenters. The van der Waals surface area contributed by atoms with Crippen molar-refractivity contribution >= 4 is 23.2 Å². The van der Waals surface area contributed by atoms with Crippen LogP contribution in [0, 0.1) is 0 Å². The van der Waals surface area contributed by atoms with E-state index in [0.717, 1.165) is 5.56 Å². The van der Waals surface area contributed by atoms with Gasteiger partial charge in [-0.25, -0.2) is 15.5 Å². The van der Waals surface area contributed by atoms with Gasteiger partial charge >= 0.3 is 0 Å². The first-order chi connectivity index (χ1) is 8.61. The molecule has 0 radical (unpaired) electrons. The van der Waals surface area contributed by atoms with Gasteiger partial charge in [0.15, 0.2) is 5.82 Å². The molecule has 3 N–H and O–H groups in total. The van der Waals surface area contributed by atoms with E-state index in [4.69, 9.17) is 17.4 Å². The maximum Gasteiger partial charge on any atom is 0.283 e. The molecule has 0 aliphatic heterocycles. The van der Waals surface area contributed by atoms with E-state index in [-0.39, 0.29) is 5.70 Å². The fourth-order valence-electron chi connectivity index (χ4n) is 1.34. The third-order valence-corrected chi connectivity index (χ3v) is 2.48. The molecule has 0 unspecified atom stereocenters. The summed E-state index contributed by atoms with van der Waals surface area (Å²) >= 11 is 5.88. The number of hydrazine groups is 1. The topological polar surface area (TPSA) is 85.8 Å². The summed E-state index contributed by atoms with van der Waals surface area (Å²) in [4.78, 5) is 15.3. The number of aromatic nitrogens is 3. The summed E-state index contributed by atoms with van der Waals surface area (Å²) in [7, 11) is 0. The number of carbonyl (C=O) groups excluding carboxylic acids is 1. The molecule has 18 heavy (non-hydrogen) atoms. The second-order valence-electron chi connectivity index (χ2n) is 3.44. The van der Waals surface area contributed by atoms with Gasteiger partial charge in [0.2, 0.25) is 0 Å². The van der Waals surface area contributed by atoms with E-state index in [1.54, 1.807) is 18.2 Å². The van der Waals surface area contributed by atoms with Crippen molar-refractivity contribution in [1.29, 1.82) is 0 Å². The molecule has 0 saturated heterocycles. The molecule has 2 rings (SSSR count). The Labute approximate surface area is 108 Å². The molecule has 1 amide bonds. The average Bonchev–Trinajstić information content (AvgIpc) is 2.86. The van der Waals surface area contributed by atoms with Gasteiger partial charge in [-0.05, 0) is 12.1 Å². The minimum atomic E-state index is -0.530. The summed E-state index contributed by atoms with van der Waals surface area (Å²) in [5.74, 6) is 4.93. The van der Waals surface area contributed by atoms with Crippen LogP contribution in [0.4, 0.5) is 0 Å². The summed E-state index contributed by atoms with van der Waals surface area (Å²) in [5, 5.41) is 4.71. The Kier molecular flexibility index (Phi) is 3.40. The molecule has 1 aromatic heterocycles. The Morgan fingerprint density at radius 2 is 2.28 bits per heavy atom. The molecule has 0 aliphatic carbocycles. The zero-order chi connectivity index (χ0) is 13.1. The van der Waals surface area contributed by atoms with Crippen LogP contribution in [0.5, 0.6) is 0 Å². The van der Waals surface area contributed by atoms with Crippen LogP contribution in [0.1, 0.15) is 0 Å². The quantitative estimate of drug-likeness (QED) is 0.375. The Bertz CT molecular complexity index is 607. The Balaban J connectivity index is 2.31. The maximum absolute atomic E-state index is 11.3. The second kappa shape index (κ2) is 4.99. The van der Waals surface area contributed by atoms with Gasteiger partial charge in [0, 0.05) is 10.6 Å². The van der Waals surface area contributed by atoms with Crippen LogP contribution in [0.25, 0.3) is 17.1 Å². The minimum Gasteiger partial charge on any atom is -0.289 e. The second-order valence-corrected chi connectivity index (χ2v) is 3.88. The first-order valence-electron chi connectivity index (χ1n) is 4.99. The summed E-state index contributed by atoms with van der Waals surface area (Å²) in [5.41, 5.74) is 2.81. The van der Waals surface area contributed by atoms with Crippen LogP contribution in [0.15, 0.2) is 37.2 Å². The lowest BCUT2D eigenvalue weighted by Crippen LogP contribution is -2.32. The van der Waals surface area contributed by atoms with Gasteiger partial charge in [-0.15, -0.1) is 5.10 Å². The highest BCUT2D eigenvalue weighted by molar-refractivity contribution is 6.30. The van der Waals surface area contributed by atoms with E-state index in [1.807, 2.05) is 11.5 Å². The number of hydrogen-bond donors (Lipinski definition) is 2. The number of halogens is 1. The Hall–Kier alpha value is -2.18. The van der Waals surface area contributed by atoms with Gasteiger partial charge < -0.3 is 0 Å². The molecule has 92 valence electrons. The highest BCUT2D eigenvalue weighted by atomic mass is 35.5. The number of nitrogens with one attached hydrogen (secondary N) is 1. The number of benzene rings is 1. The SMILES string of the molecule is C=C(C(=O)NN)n1cnc(-c2cccc(Cl)c2)n1. The Morgan fingerprint density at radius 1 is 1.50 bits per heavy atom. The molecule has 7 heteroatoms. The van der Waals surface area contributed by atoms with E-state index >= 15 is 0 Å². The van der Waals surface area contributed by atoms with Crippen molar-refractivity contribution in [3.8, 4) is 11.4 Å². The zero-order valence-electron chi connectivity index (χ0n) is 9.30. The molecule has 0 bridgehead atoms. The van der Waals surface area contributed by atoms with E-state index < -0.39 is 5.91 Å². The molecule has 0 saturated carbocycles. The highest BCUT2D eigenvalue weighted by Gasteiger charge is 2.11. The Morgan fingerprint density at radius 3 is 2.94 bits per heavy atom. The van der Waals surface area contributed by atoms with Crippen LogP contribution in [0.2, 0.25) is 5.02 Å². The fraction of sp³-hybridized carbons (Fsp3) is 0. The van der Waals surface area contributed by atoms with Crippen LogP contribution in [-0.4, -0.2) is 20.7 Å². The molecule has 0 aliphatic rings. The van der Waals surface area contributed by atoms with Crippen LogP contribution in [0.3, 0.4) is 0 Å². The van der Waals surface area contributed by atoms with Crippen molar-refractivity contribution in [2.75, 3.05) is 0 Å². The fourth-order valence-corrected chi connectivity index (χ4v) is 1.53. The molecule has 0 fully saturated rings. The van der Waals surface area contributed by atoms with Crippen molar-refractivity contribution in [1.82, 2.24) is 20.2 Å². The van der Waals surface area contributed by atoms with E-state index in [1.165, 1.54) is 11.0 Å². The lowest BCUT2D eigenvalue weighted by atomic mass is 10.2. The summed E-state index contributed by atoms with van der Waals surface area (Å²) < 4.78 is 1.25. The van der Waals surface area contributed by atoms with Crippen molar-refractivity contribution in [3.63, 3.8) is 0 Å². The van der Waals surface area contributed by atoms with Gasteiger partial charge in [-0.2, -0.15) is 0 Å². The van der Waals surface area contributed by atoms with E-state index in [9.17, 15) is 4.79 Å². The summed E-state index contributed by atoms with van der Waals surface area (Å²) in [6, 6.07) is 7.09. The minimum absolute atomic E-state index is 0.0817. The molecule has 2 aromatic rings. The number of carbonyl (C=O) groups is 1. The first-order valence-corrected chi connectivity index (χ1v) is 5.37. The van der Waals surface area contributed by atoms with Crippen molar-refractivity contribution in [2.24, 2.45) is 5.84 Å². The average molecular weight is 264 g/mol. The predicted octanol–water partition coefficient (Wildman–Crippen LogP) is 1.06. The van der Waals surface area contributed by atoms with E-state index in [0.29, 0.717) is 10.8 Å². The summed E-state index contributed by atoms with van der Waals surface area (Å²) in [6.07, 6.45) is 1.38. The van der Waals surface area contributed by atoms with Crippen LogP contribution < -0.4 is 11.3 Å². The largest absolute Gasteiger partial charge is 0.289 e. The van der Waals surface area contributed by atoms with Gasteiger partial charge in [0.1, 0.15) is 12.0 Å². The molecule has 0 spiro atoms. The van der Waals surface area contributed by atoms with Crippen molar-refractivity contribution < 1.29 is 4.79 Å². The molecular weight excluding hydrogens is 254 g/mol. The molecule has 1 aromatic carbocycles. The molecule has 1 heterocycles. The predicted molar refractivity (Wildman–Crippen MR) is 68.1 cm³/mol. The smallest absolute Gasteiger partial charge is 0.283 e. The highest BCUT2D eigenvalue weighted by Crippen LogP contribution is 2.19. The number of rotatable bonds is 3. The normalized spacial score (nSPS) is 10.1. The van der Waals surface area contributed by atoms with Gasteiger partial charge in [0.25, 0.3) is 5.91 Å². The number of amides is 1. The third-order valence-electron chi connectivity index (χ3n) is 2.24. The zero-order valence-corrected chi connectivity index (χ0v) is 10.1. The van der Waals surface area contributed by atoms with Crippen LogP contribution >= 0.6 is 11.6 Å². The molecular formula is C11H10ClN5O. The van der Waals surface area contributed by atoms with Crippen molar-refractivity contribution in [3.05, 3.63) is 42.2 Å². The number of nitrogens with two attached hydrogens (primary N) is 1. The van der Waals surface area contributed by atoms with E-state index in [2.05, 4.69) is 16.7 Å². The first kappa shape index (κ1) is 12.3. The lowest BCUT2D eigenvalue weighted by molar-refractivity contribution is -0.116. The third kappa shape index (κ3) is 2.39. The standard InChI is InChI=1S/C11H10ClN5O/c1-7(11(18)15-13)17-6-14-10(16-17)8-3-2-4-9(12)5-8/h2-6H,1,13H2,(H,15,18).